The molecule has 9 heteroatoms. The van der Waals surface area contributed by atoms with Gasteiger partial charge in [0, 0.05) is 28.9 Å². The molecule has 6 rings (SSSR count). The van der Waals surface area contributed by atoms with Gasteiger partial charge in [0.25, 0.3) is 0 Å². The molecule has 1 amide bonds. The Morgan fingerprint density at radius 2 is 1.58 bits per heavy atom. The highest BCUT2D eigenvalue weighted by Crippen LogP contribution is 2.43. The maximum atomic E-state index is 13.9. The van der Waals surface area contributed by atoms with Gasteiger partial charge in [-0.2, -0.15) is 5.26 Å². The number of dihydropyridines is 1. The number of carbonyl (C=O) groups is 2. The second-order valence-corrected chi connectivity index (χ2v) is 12.6. The molecule has 1 saturated heterocycles. The molecule has 3 aliphatic rings. The van der Waals surface area contributed by atoms with Crippen LogP contribution >= 0.6 is 0 Å². The normalized spacial score (nSPS) is 18.6. The Kier molecular flexibility index (Phi) is 10.1. The number of nitriles is 1. The van der Waals surface area contributed by atoms with Crippen LogP contribution in [-0.4, -0.2) is 56.4 Å². The molecule has 248 valence electrons. The average Bonchev–Trinajstić information content (AvgIpc) is 3.59. The van der Waals surface area contributed by atoms with Gasteiger partial charge in [0.1, 0.15) is 6.61 Å². The lowest BCUT2D eigenvalue weighted by Crippen LogP contribution is -2.44. The zero-order valence-corrected chi connectivity index (χ0v) is 27.6. The summed E-state index contributed by atoms with van der Waals surface area (Å²) in [6.07, 6.45) is 2.93. The second kappa shape index (κ2) is 14.8. The maximum absolute atomic E-state index is 13.9. The number of fused-ring (bicyclic) bond motifs is 1. The minimum atomic E-state index is -0.693. The molecule has 2 N–H and O–H groups in total. The number of hydrogen-bond acceptors (Lipinski definition) is 8. The summed E-state index contributed by atoms with van der Waals surface area (Å²) in [4.78, 5) is 29.8. The van der Waals surface area contributed by atoms with Crippen molar-refractivity contribution in [3.8, 4) is 17.6 Å². The van der Waals surface area contributed by atoms with Crippen molar-refractivity contribution in [1.82, 2.24) is 15.5 Å². The van der Waals surface area contributed by atoms with Crippen molar-refractivity contribution in [2.75, 3.05) is 39.6 Å². The van der Waals surface area contributed by atoms with Gasteiger partial charge in [-0.05, 0) is 81.6 Å². The fraction of sp³-hybridized carbons (Fsp3) is 0.359. The largest absolute Gasteiger partial charge is 0.461 e. The Labute approximate surface area is 282 Å². The Bertz CT molecular complexity index is 1700. The molecule has 0 aliphatic carbocycles. The van der Waals surface area contributed by atoms with Gasteiger partial charge in [0.05, 0.1) is 24.0 Å². The molecular formula is C39H42N4O5. The highest BCUT2D eigenvalue weighted by atomic mass is 16.7. The zero-order chi connectivity index (χ0) is 33.5. The molecule has 0 spiro atoms. The molecule has 48 heavy (non-hydrogen) atoms. The number of ether oxygens (including phenoxy) is 3. The van der Waals surface area contributed by atoms with Crippen molar-refractivity contribution in [1.29, 1.82) is 5.26 Å². The molecule has 9 nitrogen and oxygen atoms in total. The summed E-state index contributed by atoms with van der Waals surface area (Å²) in [5.41, 5.74) is 5.47. The van der Waals surface area contributed by atoms with Gasteiger partial charge in [-0.1, -0.05) is 66.7 Å². The van der Waals surface area contributed by atoms with E-state index in [-0.39, 0.29) is 31.1 Å². The predicted octanol–water partition coefficient (Wildman–Crippen LogP) is 5.70. The van der Waals surface area contributed by atoms with Gasteiger partial charge in [-0.15, -0.1) is 0 Å². The molecule has 1 fully saturated rings. The standard InChI is InChI=1S/C39H42N4O5/c1-27-34(36(29-15-16-32-33(25-29)48-26-47-32)35(28(2)42-27)38(45)46-24-9-19-40)37(44)41-20-10-21-43-22-17-39(18-23-43,30-11-5-3-6-12-30)31-13-7-4-8-14-31/h3-8,11-16,25,36,42H,9-10,17-18,20-24,26H2,1-2H3,(H,41,44). The topological polar surface area (TPSA) is 113 Å². The van der Waals surface area contributed by atoms with Crippen LogP contribution in [0.4, 0.5) is 0 Å². The fourth-order valence-corrected chi connectivity index (χ4v) is 7.28. The molecular weight excluding hydrogens is 604 g/mol. The number of allylic oxidation sites excluding steroid dienone is 2. The van der Waals surface area contributed by atoms with E-state index in [0.29, 0.717) is 46.1 Å². The number of nitrogens with one attached hydrogen (secondary N) is 2. The summed E-state index contributed by atoms with van der Waals surface area (Å²) in [5.74, 6) is -0.336. The third-order valence-electron chi connectivity index (χ3n) is 9.70. The monoisotopic (exact) mass is 646 g/mol. The second-order valence-electron chi connectivity index (χ2n) is 12.6. The van der Waals surface area contributed by atoms with Gasteiger partial charge < -0.3 is 29.7 Å². The molecule has 0 radical (unpaired) electrons. The van der Waals surface area contributed by atoms with Gasteiger partial charge in [0.15, 0.2) is 11.5 Å². The summed E-state index contributed by atoms with van der Waals surface area (Å²) in [6, 6.07) is 29.1. The smallest absolute Gasteiger partial charge is 0.336 e. The molecule has 0 aromatic heterocycles. The number of esters is 1. The highest BCUT2D eigenvalue weighted by molar-refractivity contribution is 6.02. The third kappa shape index (κ3) is 6.80. The lowest BCUT2D eigenvalue weighted by atomic mass is 9.68. The average molecular weight is 647 g/mol. The Hall–Kier alpha value is -5.07. The summed E-state index contributed by atoms with van der Waals surface area (Å²) >= 11 is 0. The van der Waals surface area contributed by atoms with E-state index in [1.165, 1.54) is 11.1 Å². The molecule has 0 bridgehead atoms. The lowest BCUT2D eigenvalue weighted by molar-refractivity contribution is -0.139. The third-order valence-corrected chi connectivity index (χ3v) is 9.70. The van der Waals surface area contributed by atoms with Crippen molar-refractivity contribution in [3.63, 3.8) is 0 Å². The van der Waals surface area contributed by atoms with Crippen molar-refractivity contribution in [2.45, 2.75) is 50.9 Å². The van der Waals surface area contributed by atoms with E-state index < -0.39 is 11.9 Å². The van der Waals surface area contributed by atoms with Gasteiger partial charge >= 0.3 is 5.97 Å². The highest BCUT2D eigenvalue weighted by Gasteiger charge is 2.39. The molecule has 3 aliphatic heterocycles. The van der Waals surface area contributed by atoms with E-state index >= 15 is 0 Å². The number of nitrogens with zero attached hydrogens (tertiary/aromatic N) is 2. The predicted molar refractivity (Wildman–Crippen MR) is 182 cm³/mol. The summed E-state index contributed by atoms with van der Waals surface area (Å²) in [5, 5.41) is 15.3. The van der Waals surface area contributed by atoms with Crippen LogP contribution in [0.5, 0.6) is 11.5 Å². The van der Waals surface area contributed by atoms with E-state index in [1.54, 1.807) is 13.0 Å². The van der Waals surface area contributed by atoms with Crippen LogP contribution in [0.25, 0.3) is 0 Å². The number of likely N-dealkylation sites (tertiary alicyclic amines) is 1. The van der Waals surface area contributed by atoms with Crippen LogP contribution in [0.3, 0.4) is 0 Å². The molecule has 3 aromatic carbocycles. The minimum absolute atomic E-state index is 0.00589. The number of hydrogen-bond donors (Lipinski definition) is 2. The summed E-state index contributed by atoms with van der Waals surface area (Å²) < 4.78 is 16.6. The molecule has 1 unspecified atom stereocenters. The van der Waals surface area contributed by atoms with E-state index in [4.69, 9.17) is 19.5 Å². The van der Waals surface area contributed by atoms with Crippen LogP contribution in [0.1, 0.15) is 62.1 Å². The van der Waals surface area contributed by atoms with Crippen LogP contribution in [0, 0.1) is 11.3 Å². The van der Waals surface area contributed by atoms with Crippen molar-refractivity contribution in [3.05, 3.63) is 118 Å². The zero-order valence-electron chi connectivity index (χ0n) is 27.6. The number of rotatable bonds is 11. The van der Waals surface area contributed by atoms with E-state index in [2.05, 4.69) is 76.2 Å². The molecule has 0 saturated carbocycles. The fourth-order valence-electron chi connectivity index (χ4n) is 7.28. The first-order valence-electron chi connectivity index (χ1n) is 16.6. The number of carbonyl (C=O) groups excluding carboxylic acids is 2. The number of benzene rings is 3. The van der Waals surface area contributed by atoms with Gasteiger partial charge in [0.2, 0.25) is 12.7 Å². The lowest BCUT2D eigenvalue weighted by Gasteiger charge is -2.43. The maximum Gasteiger partial charge on any atom is 0.336 e. The van der Waals surface area contributed by atoms with Crippen LogP contribution in [-0.2, 0) is 19.7 Å². The summed E-state index contributed by atoms with van der Waals surface area (Å²) in [7, 11) is 0. The number of amides is 1. The van der Waals surface area contributed by atoms with E-state index in [9.17, 15) is 9.59 Å². The van der Waals surface area contributed by atoms with Crippen molar-refractivity contribution in [2.24, 2.45) is 0 Å². The first kappa shape index (κ1) is 32.9. The minimum Gasteiger partial charge on any atom is -0.461 e. The Balaban J connectivity index is 1.12. The van der Waals surface area contributed by atoms with Gasteiger partial charge in [-0.3, -0.25) is 4.79 Å². The van der Waals surface area contributed by atoms with E-state index in [0.717, 1.165) is 38.9 Å². The van der Waals surface area contributed by atoms with Crippen molar-refractivity contribution < 1.29 is 23.8 Å². The van der Waals surface area contributed by atoms with Gasteiger partial charge in [-0.25, -0.2) is 4.79 Å². The van der Waals surface area contributed by atoms with Crippen LogP contribution < -0.4 is 20.1 Å². The molecule has 3 aromatic rings. The summed E-state index contributed by atoms with van der Waals surface area (Å²) in [6.45, 7) is 7.03. The first-order valence-corrected chi connectivity index (χ1v) is 16.6. The molecule has 1 atom stereocenters. The Morgan fingerprint density at radius 3 is 2.25 bits per heavy atom. The quantitative estimate of drug-likeness (QED) is 0.202. The SMILES string of the molecule is CC1=C(C(=O)NCCCN2CCC(c3ccccc3)(c3ccccc3)CC2)C(c2ccc3c(c2)OCO3)C(C(=O)OCCC#N)=C(C)N1. The molecule has 3 heterocycles. The Morgan fingerprint density at radius 1 is 0.938 bits per heavy atom. The van der Waals surface area contributed by atoms with Crippen molar-refractivity contribution >= 4 is 11.9 Å². The number of piperidine rings is 1. The first-order chi connectivity index (χ1) is 23.4. The van der Waals surface area contributed by atoms with E-state index in [1.807, 2.05) is 25.1 Å². The van der Waals surface area contributed by atoms with Crippen LogP contribution in [0.15, 0.2) is 101 Å². The van der Waals surface area contributed by atoms with Crippen LogP contribution in [0.2, 0.25) is 0 Å².